The van der Waals surface area contributed by atoms with Crippen molar-refractivity contribution in [1.29, 1.82) is 0 Å². The van der Waals surface area contributed by atoms with Crippen molar-refractivity contribution in [1.82, 2.24) is 10.2 Å². The number of ether oxygens (including phenoxy) is 1. The second kappa shape index (κ2) is 6.66. The van der Waals surface area contributed by atoms with Gasteiger partial charge in [0.1, 0.15) is 11.6 Å². The van der Waals surface area contributed by atoms with Crippen LogP contribution in [0.1, 0.15) is 24.1 Å². The molecule has 0 aliphatic carbocycles. The van der Waals surface area contributed by atoms with Crippen LogP contribution in [0.2, 0.25) is 0 Å². The standard InChI is InChI=1S/C18H20FN3O3/c1-12-11-14(19)4-5-15(12)25-18(17(23)24)7-9-22(10-8-18)16-6-3-13(2)20-21-16/h3-6,11H,7-10H2,1-2H3,(H,23,24). The lowest BCUT2D eigenvalue weighted by atomic mass is 9.91. The van der Waals surface area contributed by atoms with Crippen LogP contribution in [0.5, 0.6) is 5.75 Å². The van der Waals surface area contributed by atoms with Crippen LogP contribution in [-0.4, -0.2) is 40.0 Å². The molecule has 2 aromatic rings. The highest BCUT2D eigenvalue weighted by Gasteiger charge is 2.44. The summed E-state index contributed by atoms with van der Waals surface area (Å²) in [4.78, 5) is 13.9. The van der Waals surface area contributed by atoms with Gasteiger partial charge in [-0.2, -0.15) is 5.10 Å². The van der Waals surface area contributed by atoms with E-state index in [1.807, 2.05) is 24.0 Å². The Morgan fingerprint density at radius 3 is 2.48 bits per heavy atom. The van der Waals surface area contributed by atoms with E-state index in [4.69, 9.17) is 4.74 Å². The molecule has 1 N–H and O–H groups in total. The highest BCUT2D eigenvalue weighted by atomic mass is 19.1. The molecule has 0 radical (unpaired) electrons. The lowest BCUT2D eigenvalue weighted by Gasteiger charge is -2.39. The van der Waals surface area contributed by atoms with E-state index in [0.29, 0.717) is 37.2 Å². The molecule has 0 saturated carbocycles. The van der Waals surface area contributed by atoms with E-state index in [2.05, 4.69) is 10.2 Å². The van der Waals surface area contributed by atoms with E-state index in [0.717, 1.165) is 11.5 Å². The van der Waals surface area contributed by atoms with E-state index < -0.39 is 11.6 Å². The number of carboxylic acids is 1. The largest absolute Gasteiger partial charge is 0.478 e. The Morgan fingerprint density at radius 1 is 1.20 bits per heavy atom. The molecule has 132 valence electrons. The minimum Gasteiger partial charge on any atom is -0.478 e. The SMILES string of the molecule is Cc1ccc(N2CCC(Oc3ccc(F)cc3C)(C(=O)O)CC2)nn1. The van der Waals surface area contributed by atoms with Gasteiger partial charge < -0.3 is 14.7 Å². The summed E-state index contributed by atoms with van der Waals surface area (Å²) in [7, 11) is 0. The number of hydrogen-bond acceptors (Lipinski definition) is 5. The van der Waals surface area contributed by atoms with Gasteiger partial charge in [0.25, 0.3) is 0 Å². The van der Waals surface area contributed by atoms with E-state index in [-0.39, 0.29) is 5.82 Å². The van der Waals surface area contributed by atoms with Crippen LogP contribution < -0.4 is 9.64 Å². The van der Waals surface area contributed by atoms with Gasteiger partial charge in [-0.05, 0) is 49.7 Å². The van der Waals surface area contributed by atoms with E-state index in [9.17, 15) is 14.3 Å². The predicted molar refractivity (Wildman–Crippen MR) is 90.3 cm³/mol. The summed E-state index contributed by atoms with van der Waals surface area (Å²) in [5, 5.41) is 17.9. The van der Waals surface area contributed by atoms with Gasteiger partial charge in [0.15, 0.2) is 5.82 Å². The van der Waals surface area contributed by atoms with Crippen molar-refractivity contribution in [3.63, 3.8) is 0 Å². The molecule has 1 fully saturated rings. The Balaban J connectivity index is 1.77. The number of nitrogens with zero attached hydrogens (tertiary/aromatic N) is 3. The number of rotatable bonds is 4. The van der Waals surface area contributed by atoms with Crippen molar-refractivity contribution < 1.29 is 19.0 Å². The van der Waals surface area contributed by atoms with Gasteiger partial charge in [-0.15, -0.1) is 5.10 Å². The molecular weight excluding hydrogens is 325 g/mol. The zero-order valence-corrected chi connectivity index (χ0v) is 14.2. The molecule has 0 spiro atoms. The van der Waals surface area contributed by atoms with E-state index in [1.54, 1.807) is 6.92 Å². The molecule has 1 aromatic heterocycles. The summed E-state index contributed by atoms with van der Waals surface area (Å²) in [5.41, 5.74) is 0.0835. The van der Waals surface area contributed by atoms with Crippen molar-refractivity contribution in [2.75, 3.05) is 18.0 Å². The minimum absolute atomic E-state index is 0.300. The summed E-state index contributed by atoms with van der Waals surface area (Å²) in [6.07, 6.45) is 0.601. The maximum absolute atomic E-state index is 13.3. The fourth-order valence-corrected chi connectivity index (χ4v) is 2.95. The van der Waals surface area contributed by atoms with Crippen molar-refractivity contribution in [3.8, 4) is 5.75 Å². The lowest BCUT2D eigenvalue weighted by Crippen LogP contribution is -2.53. The molecule has 1 aromatic carbocycles. The highest BCUT2D eigenvalue weighted by Crippen LogP contribution is 2.32. The molecule has 25 heavy (non-hydrogen) atoms. The van der Waals surface area contributed by atoms with Gasteiger partial charge in [0, 0.05) is 25.9 Å². The van der Waals surface area contributed by atoms with Crippen LogP contribution in [0, 0.1) is 19.7 Å². The van der Waals surface area contributed by atoms with Gasteiger partial charge in [0.05, 0.1) is 5.69 Å². The molecule has 7 heteroatoms. The molecule has 1 aliphatic heterocycles. The number of hydrogen-bond donors (Lipinski definition) is 1. The number of benzene rings is 1. The second-order valence-corrected chi connectivity index (χ2v) is 6.33. The third-order valence-corrected chi connectivity index (χ3v) is 4.51. The van der Waals surface area contributed by atoms with E-state index >= 15 is 0 Å². The summed E-state index contributed by atoms with van der Waals surface area (Å²) in [6, 6.07) is 7.84. The van der Waals surface area contributed by atoms with Crippen LogP contribution in [0.4, 0.5) is 10.2 Å². The molecule has 6 nitrogen and oxygen atoms in total. The Kier molecular flexibility index (Phi) is 4.57. The van der Waals surface area contributed by atoms with Crippen molar-refractivity contribution in [2.45, 2.75) is 32.3 Å². The van der Waals surface area contributed by atoms with Crippen LogP contribution in [0.15, 0.2) is 30.3 Å². The first-order valence-electron chi connectivity index (χ1n) is 8.13. The molecule has 0 bridgehead atoms. The maximum Gasteiger partial charge on any atom is 0.348 e. The van der Waals surface area contributed by atoms with Gasteiger partial charge in [0.2, 0.25) is 5.60 Å². The van der Waals surface area contributed by atoms with Gasteiger partial charge in [-0.3, -0.25) is 0 Å². The van der Waals surface area contributed by atoms with Crippen molar-refractivity contribution in [2.24, 2.45) is 0 Å². The van der Waals surface area contributed by atoms with Crippen LogP contribution in [-0.2, 0) is 4.79 Å². The average Bonchev–Trinajstić information content (AvgIpc) is 2.59. The zero-order chi connectivity index (χ0) is 18.0. The summed E-state index contributed by atoms with van der Waals surface area (Å²) in [5.74, 6) is -0.261. The molecule has 1 saturated heterocycles. The third kappa shape index (κ3) is 3.55. The molecular formula is C18H20FN3O3. The fourth-order valence-electron chi connectivity index (χ4n) is 2.95. The van der Waals surface area contributed by atoms with Gasteiger partial charge >= 0.3 is 5.97 Å². The number of aliphatic carboxylic acids is 1. The Bertz CT molecular complexity index is 772. The maximum atomic E-state index is 13.3. The Morgan fingerprint density at radius 2 is 1.92 bits per heavy atom. The second-order valence-electron chi connectivity index (χ2n) is 6.33. The Labute approximate surface area is 145 Å². The smallest absolute Gasteiger partial charge is 0.348 e. The first kappa shape index (κ1) is 17.1. The fraction of sp³-hybridized carbons (Fsp3) is 0.389. The molecule has 0 atom stereocenters. The molecule has 0 amide bonds. The van der Waals surface area contributed by atoms with Crippen molar-refractivity contribution >= 4 is 11.8 Å². The lowest BCUT2D eigenvalue weighted by molar-refractivity contribution is -0.157. The number of carbonyl (C=O) groups is 1. The van der Waals surface area contributed by atoms with E-state index in [1.165, 1.54) is 18.2 Å². The molecule has 3 rings (SSSR count). The quantitative estimate of drug-likeness (QED) is 0.918. The number of carboxylic acid groups (broad SMARTS) is 1. The van der Waals surface area contributed by atoms with Gasteiger partial charge in [-0.1, -0.05) is 0 Å². The van der Waals surface area contributed by atoms with Crippen LogP contribution >= 0.6 is 0 Å². The summed E-state index contributed by atoms with van der Waals surface area (Å²) >= 11 is 0. The predicted octanol–water partition coefficient (Wildman–Crippen LogP) is 2.74. The topological polar surface area (TPSA) is 75.5 Å². The zero-order valence-electron chi connectivity index (χ0n) is 14.2. The number of aryl methyl sites for hydroxylation is 2. The van der Waals surface area contributed by atoms with Crippen LogP contribution in [0.3, 0.4) is 0 Å². The number of aromatic nitrogens is 2. The summed E-state index contributed by atoms with van der Waals surface area (Å²) < 4.78 is 19.1. The summed E-state index contributed by atoms with van der Waals surface area (Å²) in [6.45, 7) is 4.54. The number of piperidine rings is 1. The molecule has 0 unspecified atom stereocenters. The monoisotopic (exact) mass is 345 g/mol. The third-order valence-electron chi connectivity index (χ3n) is 4.51. The first-order chi connectivity index (χ1) is 11.9. The van der Waals surface area contributed by atoms with Crippen LogP contribution in [0.25, 0.3) is 0 Å². The van der Waals surface area contributed by atoms with Gasteiger partial charge in [-0.25, -0.2) is 9.18 Å². The molecule has 1 aliphatic rings. The van der Waals surface area contributed by atoms with Crippen molar-refractivity contribution in [3.05, 3.63) is 47.4 Å². The first-order valence-corrected chi connectivity index (χ1v) is 8.13. The highest BCUT2D eigenvalue weighted by molar-refractivity contribution is 5.78. The Hall–Kier alpha value is -2.70. The molecule has 2 heterocycles. The normalized spacial score (nSPS) is 16.5. The minimum atomic E-state index is -1.32. The number of anilines is 1. The number of halogens is 1. The average molecular weight is 345 g/mol.